The minimum absolute atomic E-state index is 0.284. The first-order chi connectivity index (χ1) is 8.11. The van der Waals surface area contributed by atoms with Crippen molar-refractivity contribution in [1.29, 1.82) is 0 Å². The Morgan fingerprint density at radius 3 is 2.18 bits per heavy atom. The molecule has 96 valence electrons. The Labute approximate surface area is 110 Å². The van der Waals surface area contributed by atoms with Gasteiger partial charge in [-0.1, -0.05) is 45.0 Å². The third-order valence-electron chi connectivity index (χ3n) is 2.71. The van der Waals surface area contributed by atoms with E-state index in [1.54, 1.807) is 0 Å². The van der Waals surface area contributed by atoms with Crippen LogP contribution in [0.25, 0.3) is 0 Å². The Morgan fingerprint density at radius 2 is 1.65 bits per heavy atom. The van der Waals surface area contributed by atoms with Gasteiger partial charge in [0.25, 0.3) is 0 Å². The Kier molecular flexibility index (Phi) is 6.68. The third-order valence-corrected chi connectivity index (χ3v) is 4.28. The topological polar surface area (TPSA) is 26.0 Å². The van der Waals surface area contributed by atoms with Crippen molar-refractivity contribution < 1.29 is 0 Å². The molecule has 0 saturated carbocycles. The third kappa shape index (κ3) is 6.13. The van der Waals surface area contributed by atoms with Gasteiger partial charge in [0.05, 0.1) is 0 Å². The van der Waals surface area contributed by atoms with E-state index in [-0.39, 0.29) is 6.04 Å². The molecule has 2 N–H and O–H groups in total. The normalized spacial score (nSPS) is 13.0. The van der Waals surface area contributed by atoms with E-state index in [1.165, 1.54) is 16.9 Å². The van der Waals surface area contributed by atoms with Crippen molar-refractivity contribution in [3.8, 4) is 0 Å². The van der Waals surface area contributed by atoms with Crippen molar-refractivity contribution in [2.75, 3.05) is 11.5 Å². The molecule has 1 rings (SSSR count). The van der Waals surface area contributed by atoms with Crippen molar-refractivity contribution in [3.63, 3.8) is 0 Å². The first kappa shape index (κ1) is 14.6. The SMILES string of the molecule is CCc1ccc(CC(N)CSCC(C)C)cc1. The summed E-state index contributed by atoms with van der Waals surface area (Å²) in [5.41, 5.74) is 8.90. The van der Waals surface area contributed by atoms with E-state index in [2.05, 4.69) is 45.0 Å². The minimum atomic E-state index is 0.284. The second-order valence-corrected chi connectivity index (χ2v) is 6.14. The number of hydrogen-bond acceptors (Lipinski definition) is 2. The number of nitrogens with two attached hydrogens (primary N) is 1. The highest BCUT2D eigenvalue weighted by molar-refractivity contribution is 7.99. The van der Waals surface area contributed by atoms with E-state index in [9.17, 15) is 0 Å². The van der Waals surface area contributed by atoms with Gasteiger partial charge in [-0.25, -0.2) is 0 Å². The quantitative estimate of drug-likeness (QED) is 0.802. The molecule has 0 bridgehead atoms. The Balaban J connectivity index is 2.31. The fourth-order valence-electron chi connectivity index (χ4n) is 1.73. The lowest BCUT2D eigenvalue weighted by molar-refractivity contribution is 0.731. The molecule has 1 aromatic carbocycles. The predicted molar refractivity (Wildman–Crippen MR) is 79.7 cm³/mol. The fraction of sp³-hybridized carbons (Fsp3) is 0.600. The van der Waals surface area contributed by atoms with Crippen molar-refractivity contribution in [1.82, 2.24) is 0 Å². The van der Waals surface area contributed by atoms with Gasteiger partial charge in [0.15, 0.2) is 0 Å². The lowest BCUT2D eigenvalue weighted by Crippen LogP contribution is -2.26. The Hall–Kier alpha value is -0.470. The molecule has 1 atom stereocenters. The average molecular weight is 251 g/mol. The van der Waals surface area contributed by atoms with Gasteiger partial charge < -0.3 is 5.73 Å². The van der Waals surface area contributed by atoms with Crippen LogP contribution in [0.15, 0.2) is 24.3 Å². The van der Waals surface area contributed by atoms with Gasteiger partial charge in [-0.15, -0.1) is 0 Å². The first-order valence-corrected chi connectivity index (χ1v) is 7.68. The van der Waals surface area contributed by atoms with E-state index in [0.29, 0.717) is 0 Å². The van der Waals surface area contributed by atoms with Crippen molar-refractivity contribution in [3.05, 3.63) is 35.4 Å². The summed E-state index contributed by atoms with van der Waals surface area (Å²) >= 11 is 1.97. The molecule has 0 aromatic heterocycles. The standard InChI is InChI=1S/C15H25NS/c1-4-13-5-7-14(8-6-13)9-15(16)11-17-10-12(2)3/h5-8,12,15H,4,9-11,16H2,1-3H3. The molecular weight excluding hydrogens is 226 g/mol. The summed E-state index contributed by atoms with van der Waals surface area (Å²) in [5.74, 6) is 3.03. The predicted octanol–water partition coefficient (Wildman–Crippen LogP) is 3.51. The van der Waals surface area contributed by atoms with Crippen LogP contribution in [0.4, 0.5) is 0 Å². The minimum Gasteiger partial charge on any atom is -0.327 e. The van der Waals surface area contributed by atoms with E-state index < -0.39 is 0 Å². The highest BCUT2D eigenvalue weighted by Gasteiger charge is 2.05. The van der Waals surface area contributed by atoms with Gasteiger partial charge in [-0.2, -0.15) is 11.8 Å². The summed E-state index contributed by atoms with van der Waals surface area (Å²) in [6.45, 7) is 6.69. The molecule has 0 amide bonds. The van der Waals surface area contributed by atoms with Gasteiger partial charge in [-0.05, 0) is 35.6 Å². The van der Waals surface area contributed by atoms with Crippen LogP contribution in [-0.2, 0) is 12.8 Å². The Bertz CT molecular complexity index is 305. The maximum atomic E-state index is 6.14. The maximum absolute atomic E-state index is 6.14. The zero-order valence-corrected chi connectivity index (χ0v) is 12.1. The smallest absolute Gasteiger partial charge is 0.0171 e. The van der Waals surface area contributed by atoms with Gasteiger partial charge in [0.1, 0.15) is 0 Å². The van der Waals surface area contributed by atoms with Crippen LogP contribution in [0.1, 0.15) is 31.9 Å². The molecule has 1 unspecified atom stereocenters. The number of rotatable bonds is 7. The molecule has 17 heavy (non-hydrogen) atoms. The zero-order chi connectivity index (χ0) is 12.7. The molecule has 0 fully saturated rings. The second-order valence-electron chi connectivity index (χ2n) is 5.07. The molecule has 1 nitrogen and oxygen atoms in total. The highest BCUT2D eigenvalue weighted by Crippen LogP contribution is 2.12. The van der Waals surface area contributed by atoms with Crippen molar-refractivity contribution in [2.24, 2.45) is 11.7 Å². The molecular formula is C15H25NS. The molecule has 0 saturated heterocycles. The monoisotopic (exact) mass is 251 g/mol. The van der Waals surface area contributed by atoms with Crippen LogP contribution in [0.5, 0.6) is 0 Å². The number of thioether (sulfide) groups is 1. The molecule has 0 aliphatic heterocycles. The van der Waals surface area contributed by atoms with Crippen LogP contribution in [0, 0.1) is 5.92 Å². The van der Waals surface area contributed by atoms with E-state index in [0.717, 1.165) is 24.5 Å². The molecule has 1 aromatic rings. The number of aryl methyl sites for hydroxylation is 1. The number of benzene rings is 1. The van der Waals surface area contributed by atoms with Crippen LogP contribution in [0.2, 0.25) is 0 Å². The van der Waals surface area contributed by atoms with Gasteiger partial charge in [0.2, 0.25) is 0 Å². The summed E-state index contributed by atoms with van der Waals surface area (Å²) < 4.78 is 0. The molecule has 2 heteroatoms. The lowest BCUT2D eigenvalue weighted by atomic mass is 10.0. The van der Waals surface area contributed by atoms with Gasteiger partial charge in [0, 0.05) is 11.8 Å². The summed E-state index contributed by atoms with van der Waals surface area (Å²) in [6, 6.07) is 9.13. The van der Waals surface area contributed by atoms with Crippen molar-refractivity contribution >= 4 is 11.8 Å². The van der Waals surface area contributed by atoms with Crippen LogP contribution in [-0.4, -0.2) is 17.5 Å². The first-order valence-electron chi connectivity index (χ1n) is 6.53. The molecule has 0 heterocycles. The second kappa shape index (κ2) is 7.78. The summed E-state index contributed by atoms with van der Waals surface area (Å²) in [6.07, 6.45) is 2.10. The highest BCUT2D eigenvalue weighted by atomic mass is 32.2. The summed E-state index contributed by atoms with van der Waals surface area (Å²) in [4.78, 5) is 0. The van der Waals surface area contributed by atoms with Gasteiger partial charge in [-0.3, -0.25) is 0 Å². The van der Waals surface area contributed by atoms with E-state index in [4.69, 9.17) is 5.73 Å². The van der Waals surface area contributed by atoms with E-state index in [1.807, 2.05) is 11.8 Å². The molecule has 0 spiro atoms. The van der Waals surface area contributed by atoms with Crippen molar-refractivity contribution in [2.45, 2.75) is 39.7 Å². The lowest BCUT2D eigenvalue weighted by Gasteiger charge is -2.12. The molecule has 0 aliphatic carbocycles. The zero-order valence-electron chi connectivity index (χ0n) is 11.3. The maximum Gasteiger partial charge on any atom is 0.0171 e. The summed E-state index contributed by atoms with van der Waals surface area (Å²) in [7, 11) is 0. The summed E-state index contributed by atoms with van der Waals surface area (Å²) in [5, 5.41) is 0. The molecule has 0 radical (unpaired) electrons. The largest absolute Gasteiger partial charge is 0.327 e. The van der Waals surface area contributed by atoms with Gasteiger partial charge >= 0.3 is 0 Å². The number of hydrogen-bond donors (Lipinski definition) is 1. The average Bonchev–Trinajstić information content (AvgIpc) is 2.29. The molecule has 0 aliphatic rings. The van der Waals surface area contributed by atoms with E-state index >= 15 is 0 Å². The van der Waals surface area contributed by atoms with Crippen LogP contribution < -0.4 is 5.73 Å². The van der Waals surface area contributed by atoms with Crippen LogP contribution >= 0.6 is 11.8 Å². The Morgan fingerprint density at radius 1 is 1.06 bits per heavy atom. The fourth-order valence-corrected chi connectivity index (χ4v) is 2.76. The van der Waals surface area contributed by atoms with Crippen LogP contribution in [0.3, 0.4) is 0 Å².